The molecule has 126 valence electrons. The molecule has 4 nitrogen and oxygen atoms in total. The van der Waals surface area contributed by atoms with Crippen LogP contribution < -0.4 is 15.4 Å². The summed E-state index contributed by atoms with van der Waals surface area (Å²) in [5, 5.41) is 5.83. The van der Waals surface area contributed by atoms with E-state index in [4.69, 9.17) is 0 Å². The molecule has 6 heteroatoms. The third kappa shape index (κ3) is 3.74. The van der Waals surface area contributed by atoms with E-state index in [0.29, 0.717) is 5.41 Å². The molecule has 3 rings (SSSR count). The van der Waals surface area contributed by atoms with Crippen molar-refractivity contribution in [1.29, 1.82) is 0 Å². The van der Waals surface area contributed by atoms with E-state index in [1.807, 2.05) is 6.92 Å². The highest BCUT2D eigenvalue weighted by Crippen LogP contribution is 2.55. The Morgan fingerprint density at radius 3 is 2.70 bits per heavy atom. The van der Waals surface area contributed by atoms with Crippen molar-refractivity contribution in [3.63, 3.8) is 0 Å². The minimum Gasteiger partial charge on any atom is -0.435 e. The molecular formula is C17H22F2N2O2. The first-order valence-electron chi connectivity index (χ1n) is 8.08. The molecule has 2 aliphatic carbocycles. The van der Waals surface area contributed by atoms with Crippen LogP contribution in [0.3, 0.4) is 0 Å². The predicted octanol–water partition coefficient (Wildman–Crippen LogP) is 3.98. The number of alkyl halides is 2. The van der Waals surface area contributed by atoms with E-state index >= 15 is 0 Å². The SMILES string of the molecule is CC(NC(=O)NC1CC2(CCC2)C1)c1cccc(OC(F)F)c1. The topological polar surface area (TPSA) is 50.4 Å². The molecule has 1 atom stereocenters. The molecular weight excluding hydrogens is 302 g/mol. The van der Waals surface area contributed by atoms with Gasteiger partial charge in [0, 0.05) is 6.04 Å². The maximum absolute atomic E-state index is 12.2. The minimum absolute atomic E-state index is 0.0949. The van der Waals surface area contributed by atoms with Crippen molar-refractivity contribution in [2.24, 2.45) is 5.41 Å². The number of amides is 2. The van der Waals surface area contributed by atoms with Crippen LogP contribution in [-0.4, -0.2) is 18.7 Å². The second-order valence-corrected chi connectivity index (χ2v) is 6.75. The van der Waals surface area contributed by atoms with E-state index in [9.17, 15) is 13.6 Å². The molecule has 0 bridgehead atoms. The van der Waals surface area contributed by atoms with Gasteiger partial charge in [-0.25, -0.2) is 4.79 Å². The lowest BCUT2D eigenvalue weighted by molar-refractivity contribution is -0.0499. The minimum atomic E-state index is -2.85. The summed E-state index contributed by atoms with van der Waals surface area (Å²) in [4.78, 5) is 12.0. The van der Waals surface area contributed by atoms with Crippen molar-refractivity contribution >= 4 is 6.03 Å². The lowest BCUT2D eigenvalue weighted by atomic mass is 9.54. The van der Waals surface area contributed by atoms with Crippen LogP contribution in [0, 0.1) is 5.41 Å². The number of hydrogen-bond acceptors (Lipinski definition) is 2. The maximum Gasteiger partial charge on any atom is 0.387 e. The van der Waals surface area contributed by atoms with E-state index in [2.05, 4.69) is 15.4 Å². The third-order valence-electron chi connectivity index (χ3n) is 5.04. The number of nitrogens with one attached hydrogen (secondary N) is 2. The molecule has 1 unspecified atom stereocenters. The lowest BCUT2D eigenvalue weighted by Crippen LogP contribution is -2.55. The van der Waals surface area contributed by atoms with Crippen LogP contribution >= 0.6 is 0 Å². The average molecular weight is 324 g/mol. The number of rotatable bonds is 5. The molecule has 0 heterocycles. The molecule has 0 saturated heterocycles. The first kappa shape index (κ1) is 16.0. The summed E-state index contributed by atoms with van der Waals surface area (Å²) in [6.45, 7) is -1.04. The molecule has 1 spiro atoms. The van der Waals surface area contributed by atoms with E-state index in [-0.39, 0.29) is 23.9 Å². The summed E-state index contributed by atoms with van der Waals surface area (Å²) in [5.41, 5.74) is 1.24. The number of ether oxygens (including phenoxy) is 1. The Kier molecular flexibility index (Phi) is 4.41. The first-order chi connectivity index (χ1) is 11.0. The number of hydrogen-bond donors (Lipinski definition) is 2. The lowest BCUT2D eigenvalue weighted by Gasteiger charge is -2.54. The monoisotopic (exact) mass is 324 g/mol. The quantitative estimate of drug-likeness (QED) is 0.861. The fourth-order valence-corrected chi connectivity index (χ4v) is 3.64. The van der Waals surface area contributed by atoms with Gasteiger partial charge in [0.1, 0.15) is 5.75 Å². The van der Waals surface area contributed by atoms with Crippen LogP contribution in [0.2, 0.25) is 0 Å². The molecule has 23 heavy (non-hydrogen) atoms. The summed E-state index contributed by atoms with van der Waals surface area (Å²) in [7, 11) is 0. The summed E-state index contributed by atoms with van der Waals surface area (Å²) in [6.07, 6.45) is 6.05. The zero-order valence-electron chi connectivity index (χ0n) is 13.1. The highest BCUT2D eigenvalue weighted by Gasteiger charge is 2.48. The van der Waals surface area contributed by atoms with Gasteiger partial charge in [-0.3, -0.25) is 0 Å². The summed E-state index contributed by atoms with van der Waals surface area (Å²) in [5.74, 6) is 0.0949. The van der Waals surface area contributed by atoms with Crippen LogP contribution in [0.5, 0.6) is 5.75 Å². The van der Waals surface area contributed by atoms with Gasteiger partial charge in [0.05, 0.1) is 6.04 Å². The van der Waals surface area contributed by atoms with E-state index < -0.39 is 6.61 Å². The van der Waals surface area contributed by atoms with Gasteiger partial charge in [0.15, 0.2) is 0 Å². The van der Waals surface area contributed by atoms with Gasteiger partial charge < -0.3 is 15.4 Å². The summed E-state index contributed by atoms with van der Waals surface area (Å²) in [6, 6.07) is 6.16. The molecule has 2 N–H and O–H groups in total. The van der Waals surface area contributed by atoms with Crippen molar-refractivity contribution in [3.8, 4) is 5.75 Å². The Morgan fingerprint density at radius 1 is 1.35 bits per heavy atom. The maximum atomic E-state index is 12.2. The fraction of sp³-hybridized carbons (Fsp3) is 0.588. The standard InChI is InChI=1S/C17H22F2N2O2/c1-11(12-4-2-5-14(8-12)23-15(18)19)20-16(22)21-13-9-17(10-13)6-3-7-17/h2,4-5,8,11,13,15H,3,6-7,9-10H2,1H3,(H2,20,21,22). The molecule has 2 saturated carbocycles. The fourth-order valence-electron chi connectivity index (χ4n) is 3.64. The summed E-state index contributed by atoms with van der Waals surface area (Å²) >= 11 is 0. The number of urea groups is 1. The van der Waals surface area contributed by atoms with Gasteiger partial charge in [-0.1, -0.05) is 18.6 Å². The van der Waals surface area contributed by atoms with Crippen molar-refractivity contribution in [2.75, 3.05) is 0 Å². The van der Waals surface area contributed by atoms with Gasteiger partial charge in [-0.2, -0.15) is 8.78 Å². The Bertz CT molecular complexity index is 567. The van der Waals surface area contributed by atoms with Crippen LogP contribution in [0.25, 0.3) is 0 Å². The van der Waals surface area contributed by atoms with Gasteiger partial charge in [-0.05, 0) is 55.7 Å². The molecule has 1 aromatic rings. The van der Waals surface area contributed by atoms with E-state index in [0.717, 1.165) is 18.4 Å². The number of halogens is 2. The zero-order chi connectivity index (χ0) is 16.4. The molecule has 0 aliphatic heterocycles. The number of carbonyl (C=O) groups excluding carboxylic acids is 1. The van der Waals surface area contributed by atoms with Gasteiger partial charge >= 0.3 is 12.6 Å². The Balaban J connectivity index is 1.48. The molecule has 0 radical (unpaired) electrons. The van der Waals surface area contributed by atoms with Gasteiger partial charge in [0.25, 0.3) is 0 Å². The highest BCUT2D eigenvalue weighted by atomic mass is 19.3. The van der Waals surface area contributed by atoms with Crippen molar-refractivity contribution in [1.82, 2.24) is 10.6 Å². The third-order valence-corrected chi connectivity index (χ3v) is 5.04. The van der Waals surface area contributed by atoms with E-state index in [1.54, 1.807) is 12.1 Å². The molecule has 1 aromatic carbocycles. The van der Waals surface area contributed by atoms with Crippen LogP contribution in [0.15, 0.2) is 24.3 Å². The average Bonchev–Trinajstić information content (AvgIpc) is 2.39. The van der Waals surface area contributed by atoms with E-state index in [1.165, 1.54) is 31.4 Å². The normalized spacial score (nSPS) is 20.5. The second kappa shape index (κ2) is 6.34. The molecule has 2 amide bonds. The van der Waals surface area contributed by atoms with Crippen LogP contribution in [-0.2, 0) is 0 Å². The Hall–Kier alpha value is -1.85. The van der Waals surface area contributed by atoms with Crippen LogP contribution in [0.1, 0.15) is 50.6 Å². The summed E-state index contributed by atoms with van der Waals surface area (Å²) < 4.78 is 28.9. The number of benzene rings is 1. The molecule has 2 fully saturated rings. The van der Waals surface area contributed by atoms with Crippen molar-refractivity contribution in [2.45, 2.75) is 57.7 Å². The van der Waals surface area contributed by atoms with Crippen molar-refractivity contribution < 1.29 is 18.3 Å². The predicted molar refractivity (Wildman–Crippen MR) is 82.5 cm³/mol. The smallest absolute Gasteiger partial charge is 0.387 e. The number of carbonyl (C=O) groups is 1. The first-order valence-corrected chi connectivity index (χ1v) is 8.08. The van der Waals surface area contributed by atoms with Gasteiger partial charge in [-0.15, -0.1) is 0 Å². The molecule has 2 aliphatic rings. The zero-order valence-corrected chi connectivity index (χ0v) is 13.1. The van der Waals surface area contributed by atoms with Crippen LogP contribution in [0.4, 0.5) is 13.6 Å². The Morgan fingerprint density at radius 2 is 2.09 bits per heavy atom. The molecule has 0 aromatic heterocycles. The largest absolute Gasteiger partial charge is 0.435 e. The second-order valence-electron chi connectivity index (χ2n) is 6.75. The van der Waals surface area contributed by atoms with Crippen molar-refractivity contribution in [3.05, 3.63) is 29.8 Å². The Labute approximate surface area is 134 Å². The van der Waals surface area contributed by atoms with Gasteiger partial charge in [0.2, 0.25) is 0 Å². The highest BCUT2D eigenvalue weighted by molar-refractivity contribution is 5.75.